The number of aryl methyl sites for hydroxylation is 1. The summed E-state index contributed by atoms with van der Waals surface area (Å²) in [5.41, 5.74) is 0.998. The highest BCUT2D eigenvalue weighted by molar-refractivity contribution is 7.89. The molecule has 0 radical (unpaired) electrons. The standard InChI is InChI=1S/C20H25NO4S/c1-4-15-13-16-7-6-12-21(19(16)18(15)20(22)25-5-2)26(23,24)17-10-8-14(3)9-11-17/h4,6-11,15-16,18-19H,1,5,12-13H2,2-3H3/t15-,16+,18+,19-/m0/s1. The van der Waals surface area contributed by atoms with Crippen molar-refractivity contribution in [2.45, 2.75) is 31.2 Å². The van der Waals surface area contributed by atoms with Gasteiger partial charge in [0.25, 0.3) is 0 Å². The summed E-state index contributed by atoms with van der Waals surface area (Å²) in [6.45, 7) is 8.06. The van der Waals surface area contributed by atoms with Crippen molar-refractivity contribution in [2.75, 3.05) is 13.2 Å². The Morgan fingerprint density at radius 1 is 1.35 bits per heavy atom. The van der Waals surface area contributed by atoms with Crippen molar-refractivity contribution < 1.29 is 17.9 Å². The van der Waals surface area contributed by atoms with Crippen molar-refractivity contribution in [3.63, 3.8) is 0 Å². The summed E-state index contributed by atoms with van der Waals surface area (Å²) in [6, 6.07) is 6.38. The zero-order valence-corrected chi connectivity index (χ0v) is 16.0. The molecule has 5 nitrogen and oxygen atoms in total. The number of carbonyl (C=O) groups is 1. The van der Waals surface area contributed by atoms with Gasteiger partial charge in [0.15, 0.2) is 0 Å². The predicted octanol–water partition coefficient (Wildman–Crippen LogP) is 2.93. The summed E-state index contributed by atoms with van der Waals surface area (Å²) in [4.78, 5) is 12.9. The number of allylic oxidation sites excluding steroid dienone is 1. The zero-order chi connectivity index (χ0) is 18.9. The maximum Gasteiger partial charge on any atom is 0.311 e. The Balaban J connectivity index is 2.01. The van der Waals surface area contributed by atoms with Crippen LogP contribution in [0.3, 0.4) is 0 Å². The maximum absolute atomic E-state index is 13.3. The summed E-state index contributed by atoms with van der Waals surface area (Å²) in [6.07, 6.45) is 6.36. The lowest BCUT2D eigenvalue weighted by Crippen LogP contribution is -2.49. The first kappa shape index (κ1) is 18.9. The predicted molar refractivity (Wildman–Crippen MR) is 99.9 cm³/mol. The fraction of sp³-hybridized carbons (Fsp3) is 0.450. The second kappa shape index (κ2) is 7.37. The third-order valence-electron chi connectivity index (χ3n) is 5.30. The van der Waals surface area contributed by atoms with Crippen LogP contribution in [0.5, 0.6) is 0 Å². The molecule has 0 aromatic heterocycles. The van der Waals surface area contributed by atoms with Crippen molar-refractivity contribution >= 4 is 16.0 Å². The highest BCUT2D eigenvalue weighted by Crippen LogP contribution is 2.45. The number of rotatable bonds is 5. The number of esters is 1. The van der Waals surface area contributed by atoms with E-state index in [0.717, 1.165) is 5.56 Å². The van der Waals surface area contributed by atoms with Crippen molar-refractivity contribution in [2.24, 2.45) is 17.8 Å². The van der Waals surface area contributed by atoms with E-state index in [9.17, 15) is 13.2 Å². The van der Waals surface area contributed by atoms with E-state index >= 15 is 0 Å². The highest BCUT2D eigenvalue weighted by atomic mass is 32.2. The topological polar surface area (TPSA) is 63.7 Å². The molecule has 2 aliphatic rings. The normalized spacial score (nSPS) is 28.5. The first-order valence-corrected chi connectivity index (χ1v) is 10.4. The molecule has 26 heavy (non-hydrogen) atoms. The van der Waals surface area contributed by atoms with Crippen LogP contribution in [0, 0.1) is 24.7 Å². The number of sulfonamides is 1. The number of nitrogens with zero attached hydrogens (tertiary/aromatic N) is 1. The third-order valence-corrected chi connectivity index (χ3v) is 7.18. The molecule has 0 N–H and O–H groups in total. The average molecular weight is 375 g/mol. The van der Waals surface area contributed by atoms with Gasteiger partial charge in [-0.1, -0.05) is 35.9 Å². The monoisotopic (exact) mass is 375 g/mol. The van der Waals surface area contributed by atoms with E-state index in [1.807, 2.05) is 19.1 Å². The van der Waals surface area contributed by atoms with Crippen LogP contribution in [0.1, 0.15) is 18.9 Å². The van der Waals surface area contributed by atoms with Crippen molar-refractivity contribution in [1.29, 1.82) is 0 Å². The lowest BCUT2D eigenvalue weighted by atomic mass is 9.92. The molecule has 0 amide bonds. The van der Waals surface area contributed by atoms with E-state index in [0.29, 0.717) is 6.42 Å². The number of benzene rings is 1. The SMILES string of the molecule is C=C[C@H]1C[C@H]2C=CCN(S(=O)(=O)c3ccc(C)cc3)[C@@H]2[C@@H]1C(=O)OCC. The van der Waals surface area contributed by atoms with Gasteiger partial charge in [0.1, 0.15) is 0 Å². The van der Waals surface area contributed by atoms with E-state index < -0.39 is 22.0 Å². The van der Waals surface area contributed by atoms with E-state index in [4.69, 9.17) is 4.74 Å². The molecule has 1 heterocycles. The van der Waals surface area contributed by atoms with Gasteiger partial charge >= 0.3 is 5.97 Å². The zero-order valence-electron chi connectivity index (χ0n) is 15.2. The Bertz CT molecular complexity index is 813. The lowest BCUT2D eigenvalue weighted by Gasteiger charge is -2.36. The van der Waals surface area contributed by atoms with Gasteiger partial charge in [0.05, 0.1) is 17.4 Å². The molecule has 1 fully saturated rings. The van der Waals surface area contributed by atoms with Gasteiger partial charge in [-0.05, 0) is 44.2 Å². The minimum atomic E-state index is -3.71. The number of hydrogen-bond donors (Lipinski definition) is 0. The summed E-state index contributed by atoms with van der Waals surface area (Å²) >= 11 is 0. The molecule has 0 bridgehead atoms. The molecule has 1 aromatic rings. The number of hydrogen-bond acceptors (Lipinski definition) is 4. The van der Waals surface area contributed by atoms with Crippen LogP contribution >= 0.6 is 0 Å². The van der Waals surface area contributed by atoms with Crippen LogP contribution in [0.15, 0.2) is 54.0 Å². The van der Waals surface area contributed by atoms with Gasteiger partial charge in [-0.15, -0.1) is 6.58 Å². The van der Waals surface area contributed by atoms with Crippen LogP contribution in [0.4, 0.5) is 0 Å². The molecular formula is C20H25NO4S. The van der Waals surface area contributed by atoms with Crippen LogP contribution in [-0.4, -0.2) is 37.9 Å². The van der Waals surface area contributed by atoms with E-state index in [1.54, 1.807) is 37.3 Å². The minimum Gasteiger partial charge on any atom is -0.466 e. The van der Waals surface area contributed by atoms with Gasteiger partial charge in [-0.25, -0.2) is 8.42 Å². The van der Waals surface area contributed by atoms with Crippen LogP contribution < -0.4 is 0 Å². The van der Waals surface area contributed by atoms with Crippen molar-refractivity contribution in [3.05, 3.63) is 54.6 Å². The molecular weight excluding hydrogens is 350 g/mol. The van der Waals surface area contributed by atoms with Gasteiger partial charge < -0.3 is 4.74 Å². The Morgan fingerprint density at radius 3 is 2.65 bits per heavy atom. The molecule has 1 aromatic carbocycles. The Morgan fingerprint density at radius 2 is 2.04 bits per heavy atom. The molecule has 1 aliphatic carbocycles. The summed E-state index contributed by atoms with van der Waals surface area (Å²) in [5, 5.41) is 0. The van der Waals surface area contributed by atoms with E-state index in [1.165, 1.54) is 4.31 Å². The van der Waals surface area contributed by atoms with E-state index in [-0.39, 0.29) is 35.9 Å². The summed E-state index contributed by atoms with van der Waals surface area (Å²) in [5.74, 6) is -0.976. The first-order chi connectivity index (χ1) is 12.4. The molecule has 140 valence electrons. The van der Waals surface area contributed by atoms with Gasteiger partial charge in [0, 0.05) is 12.6 Å². The average Bonchev–Trinajstić information content (AvgIpc) is 3.00. The Hall–Kier alpha value is -1.92. The minimum absolute atomic E-state index is 0.0126. The van der Waals surface area contributed by atoms with Crippen molar-refractivity contribution in [1.82, 2.24) is 4.31 Å². The van der Waals surface area contributed by atoms with Gasteiger partial charge in [0.2, 0.25) is 10.0 Å². The van der Waals surface area contributed by atoms with Crippen LogP contribution in [-0.2, 0) is 19.6 Å². The molecule has 0 unspecified atom stereocenters. The molecule has 4 atom stereocenters. The number of carbonyl (C=O) groups excluding carboxylic acids is 1. The lowest BCUT2D eigenvalue weighted by molar-refractivity contribution is -0.150. The summed E-state index contributed by atoms with van der Waals surface area (Å²) in [7, 11) is -3.71. The molecule has 3 rings (SSSR count). The number of fused-ring (bicyclic) bond motifs is 1. The Labute approximate surface area is 155 Å². The largest absolute Gasteiger partial charge is 0.466 e. The fourth-order valence-corrected chi connectivity index (χ4v) is 5.71. The molecule has 1 saturated carbocycles. The van der Waals surface area contributed by atoms with Crippen LogP contribution in [0.2, 0.25) is 0 Å². The fourth-order valence-electron chi connectivity index (χ4n) is 4.07. The second-order valence-electron chi connectivity index (χ2n) is 6.88. The second-order valence-corrected chi connectivity index (χ2v) is 8.77. The third kappa shape index (κ3) is 3.23. The number of ether oxygens (including phenoxy) is 1. The smallest absolute Gasteiger partial charge is 0.311 e. The van der Waals surface area contributed by atoms with E-state index in [2.05, 4.69) is 6.58 Å². The van der Waals surface area contributed by atoms with Crippen LogP contribution in [0.25, 0.3) is 0 Å². The molecule has 1 aliphatic heterocycles. The molecule has 6 heteroatoms. The molecule has 0 spiro atoms. The summed E-state index contributed by atoms with van der Waals surface area (Å²) < 4.78 is 33.3. The molecule has 0 saturated heterocycles. The van der Waals surface area contributed by atoms with Gasteiger partial charge in [-0.2, -0.15) is 4.31 Å². The highest BCUT2D eigenvalue weighted by Gasteiger charge is 2.52. The maximum atomic E-state index is 13.3. The Kier molecular flexibility index (Phi) is 5.34. The first-order valence-electron chi connectivity index (χ1n) is 8.94. The van der Waals surface area contributed by atoms with Gasteiger partial charge in [-0.3, -0.25) is 4.79 Å². The quantitative estimate of drug-likeness (QED) is 0.586. The van der Waals surface area contributed by atoms with Crippen molar-refractivity contribution in [3.8, 4) is 0 Å².